The summed E-state index contributed by atoms with van der Waals surface area (Å²) in [6, 6.07) is 0. The fourth-order valence-corrected chi connectivity index (χ4v) is 0.315. The van der Waals surface area contributed by atoms with Crippen molar-refractivity contribution in [3.8, 4) is 0 Å². The highest BCUT2D eigenvalue weighted by Gasteiger charge is 1.78. The lowest BCUT2D eigenvalue weighted by atomic mass is 10.2. The highest BCUT2D eigenvalue weighted by molar-refractivity contribution is 6.14. The third kappa shape index (κ3) is 7.08. The van der Waals surface area contributed by atoms with Gasteiger partial charge in [0.25, 0.3) is 0 Å². The standard InChI is InChI=1S/C7H12N2/c1-7(2)3-5-9-6-4-8/h3-8H,1-2H3/b5-3-,8-4?,9-6-. The summed E-state index contributed by atoms with van der Waals surface area (Å²) in [5.74, 6) is 0.535. The van der Waals surface area contributed by atoms with Crippen molar-refractivity contribution in [1.82, 2.24) is 0 Å². The van der Waals surface area contributed by atoms with E-state index in [9.17, 15) is 0 Å². The fraction of sp³-hybridized carbons (Fsp3) is 0.429. The second-order valence-electron chi connectivity index (χ2n) is 2.05. The summed E-state index contributed by atoms with van der Waals surface area (Å²) in [4.78, 5) is 3.78. The fourth-order valence-electron chi connectivity index (χ4n) is 0.315. The van der Waals surface area contributed by atoms with Gasteiger partial charge in [0, 0.05) is 18.6 Å². The average molecular weight is 124 g/mol. The molecule has 0 aliphatic rings. The third-order valence-electron chi connectivity index (χ3n) is 0.718. The van der Waals surface area contributed by atoms with Crippen molar-refractivity contribution >= 4 is 12.4 Å². The third-order valence-corrected chi connectivity index (χ3v) is 0.718. The first-order chi connectivity index (χ1) is 4.27. The molecule has 2 nitrogen and oxygen atoms in total. The van der Waals surface area contributed by atoms with E-state index in [4.69, 9.17) is 5.41 Å². The van der Waals surface area contributed by atoms with E-state index < -0.39 is 0 Å². The van der Waals surface area contributed by atoms with Gasteiger partial charge >= 0.3 is 0 Å². The van der Waals surface area contributed by atoms with Gasteiger partial charge in [0.2, 0.25) is 0 Å². The van der Waals surface area contributed by atoms with Gasteiger partial charge in [-0.2, -0.15) is 0 Å². The first-order valence-corrected chi connectivity index (χ1v) is 2.96. The molecule has 0 atom stereocenters. The predicted molar refractivity (Wildman–Crippen MR) is 41.3 cm³/mol. The van der Waals surface area contributed by atoms with E-state index in [0.717, 1.165) is 6.21 Å². The minimum atomic E-state index is 0.535. The van der Waals surface area contributed by atoms with E-state index in [1.54, 1.807) is 6.20 Å². The van der Waals surface area contributed by atoms with Crippen LogP contribution in [0.5, 0.6) is 0 Å². The Kier molecular flexibility index (Phi) is 4.69. The van der Waals surface area contributed by atoms with Gasteiger partial charge in [-0.05, 0) is 5.92 Å². The van der Waals surface area contributed by atoms with Gasteiger partial charge < -0.3 is 5.41 Å². The molecule has 0 amide bonds. The first kappa shape index (κ1) is 8.08. The first-order valence-electron chi connectivity index (χ1n) is 2.96. The number of hydrogen-bond acceptors (Lipinski definition) is 2. The molecule has 9 heavy (non-hydrogen) atoms. The van der Waals surface area contributed by atoms with E-state index in [2.05, 4.69) is 18.8 Å². The van der Waals surface area contributed by atoms with Crippen molar-refractivity contribution < 1.29 is 0 Å². The van der Waals surface area contributed by atoms with Crippen molar-refractivity contribution in [3.05, 3.63) is 12.3 Å². The Morgan fingerprint density at radius 3 is 2.56 bits per heavy atom. The molecule has 0 bridgehead atoms. The normalized spacial score (nSPS) is 11.9. The lowest BCUT2D eigenvalue weighted by molar-refractivity contribution is 0.829. The molecule has 0 spiro atoms. The monoisotopic (exact) mass is 124 g/mol. The second-order valence-corrected chi connectivity index (χ2v) is 2.05. The number of hydrogen-bond donors (Lipinski definition) is 1. The molecule has 0 unspecified atom stereocenters. The van der Waals surface area contributed by atoms with E-state index in [-0.39, 0.29) is 0 Å². The maximum absolute atomic E-state index is 6.58. The SMILES string of the molecule is CC(C)/C=C\N=C/C=N. The lowest BCUT2D eigenvalue weighted by Crippen LogP contribution is -1.75. The molecule has 0 aromatic carbocycles. The highest BCUT2D eigenvalue weighted by atomic mass is 14.7. The van der Waals surface area contributed by atoms with E-state index in [1.165, 1.54) is 6.21 Å². The zero-order valence-corrected chi connectivity index (χ0v) is 5.83. The number of rotatable bonds is 3. The van der Waals surface area contributed by atoms with Gasteiger partial charge in [-0.15, -0.1) is 0 Å². The molecule has 1 N–H and O–H groups in total. The summed E-state index contributed by atoms with van der Waals surface area (Å²) in [6.07, 6.45) is 6.28. The highest BCUT2D eigenvalue weighted by Crippen LogP contribution is 1.91. The van der Waals surface area contributed by atoms with Crippen molar-refractivity contribution in [2.24, 2.45) is 10.9 Å². The Hall–Kier alpha value is -0.920. The Bertz CT molecular complexity index is 123. The van der Waals surface area contributed by atoms with Crippen molar-refractivity contribution in [2.45, 2.75) is 13.8 Å². The van der Waals surface area contributed by atoms with Crippen LogP contribution in [0.2, 0.25) is 0 Å². The molecule has 0 fully saturated rings. The molecule has 0 aliphatic carbocycles. The van der Waals surface area contributed by atoms with Gasteiger partial charge in [-0.1, -0.05) is 19.9 Å². The van der Waals surface area contributed by atoms with E-state index >= 15 is 0 Å². The quantitative estimate of drug-likeness (QED) is 0.558. The van der Waals surface area contributed by atoms with Crippen molar-refractivity contribution in [3.63, 3.8) is 0 Å². The van der Waals surface area contributed by atoms with Crippen LogP contribution in [0.25, 0.3) is 0 Å². The van der Waals surface area contributed by atoms with Crippen LogP contribution in [0.3, 0.4) is 0 Å². The summed E-state index contributed by atoms with van der Waals surface area (Å²) >= 11 is 0. The lowest BCUT2D eigenvalue weighted by Gasteiger charge is -1.87. The molecule has 0 rings (SSSR count). The van der Waals surface area contributed by atoms with Gasteiger partial charge in [-0.3, -0.25) is 4.99 Å². The minimum Gasteiger partial charge on any atom is -0.307 e. The molecular formula is C7H12N2. The molecule has 0 saturated carbocycles. The molecule has 2 heteroatoms. The van der Waals surface area contributed by atoms with Crippen LogP contribution in [-0.2, 0) is 0 Å². The van der Waals surface area contributed by atoms with Crippen LogP contribution in [0.4, 0.5) is 0 Å². The minimum absolute atomic E-state index is 0.535. The maximum atomic E-state index is 6.58. The molecule has 0 aromatic heterocycles. The van der Waals surface area contributed by atoms with Crippen LogP contribution in [0, 0.1) is 11.3 Å². The molecule has 0 saturated heterocycles. The summed E-state index contributed by atoms with van der Waals surface area (Å²) in [5, 5.41) is 6.58. The number of nitrogens with zero attached hydrogens (tertiary/aromatic N) is 1. The molecule has 0 heterocycles. The van der Waals surface area contributed by atoms with E-state index in [0.29, 0.717) is 5.92 Å². The van der Waals surface area contributed by atoms with Gasteiger partial charge in [0.15, 0.2) is 0 Å². The van der Waals surface area contributed by atoms with Crippen molar-refractivity contribution in [2.75, 3.05) is 0 Å². The van der Waals surface area contributed by atoms with Gasteiger partial charge in [0.05, 0.1) is 0 Å². The van der Waals surface area contributed by atoms with Crippen LogP contribution >= 0.6 is 0 Å². The smallest absolute Gasteiger partial charge is 0.0443 e. The van der Waals surface area contributed by atoms with Crippen LogP contribution < -0.4 is 0 Å². The van der Waals surface area contributed by atoms with Crippen LogP contribution in [-0.4, -0.2) is 12.4 Å². The summed E-state index contributed by atoms with van der Waals surface area (Å²) in [5.41, 5.74) is 0. The summed E-state index contributed by atoms with van der Waals surface area (Å²) in [6.45, 7) is 4.16. The average Bonchev–Trinajstić information content (AvgIpc) is 1.80. The maximum Gasteiger partial charge on any atom is 0.0443 e. The van der Waals surface area contributed by atoms with Gasteiger partial charge in [0.1, 0.15) is 0 Å². The Labute approximate surface area is 55.8 Å². The van der Waals surface area contributed by atoms with E-state index in [1.807, 2.05) is 6.08 Å². The zero-order chi connectivity index (χ0) is 7.11. The van der Waals surface area contributed by atoms with Crippen molar-refractivity contribution in [1.29, 1.82) is 5.41 Å². The molecule has 0 aromatic rings. The molecule has 0 radical (unpaired) electrons. The molecule has 0 aliphatic heterocycles. The largest absolute Gasteiger partial charge is 0.307 e. The molecule has 50 valence electrons. The topological polar surface area (TPSA) is 36.2 Å². The van der Waals surface area contributed by atoms with Crippen LogP contribution in [0.1, 0.15) is 13.8 Å². The summed E-state index contributed by atoms with van der Waals surface area (Å²) < 4.78 is 0. The van der Waals surface area contributed by atoms with Crippen LogP contribution in [0.15, 0.2) is 17.3 Å². The molecular weight excluding hydrogens is 112 g/mol. The number of nitrogens with one attached hydrogen (secondary N) is 1. The zero-order valence-electron chi connectivity index (χ0n) is 5.83. The number of allylic oxidation sites excluding steroid dienone is 1. The Morgan fingerprint density at radius 1 is 1.44 bits per heavy atom. The Morgan fingerprint density at radius 2 is 2.11 bits per heavy atom. The van der Waals surface area contributed by atoms with Gasteiger partial charge in [-0.25, -0.2) is 0 Å². The second kappa shape index (κ2) is 5.22. The summed E-state index contributed by atoms with van der Waals surface area (Å²) in [7, 11) is 0. The number of aliphatic imine (C=N–C) groups is 1. The Balaban J connectivity index is 3.46. The predicted octanol–water partition coefficient (Wildman–Crippen LogP) is 1.88.